The molecular formula is C90H55N5O. The Morgan fingerprint density at radius 2 is 1.01 bits per heavy atom. The van der Waals surface area contributed by atoms with Crippen LogP contribution in [0.2, 0.25) is 0 Å². The number of benzene rings is 15. The molecule has 20 rings (SSSR count). The summed E-state index contributed by atoms with van der Waals surface area (Å²) in [5, 5.41) is 18.7. The molecule has 4 aromatic heterocycles. The van der Waals surface area contributed by atoms with Crippen molar-refractivity contribution in [1.29, 1.82) is 0 Å². The summed E-state index contributed by atoms with van der Waals surface area (Å²) in [5.41, 5.74) is 18.6. The van der Waals surface area contributed by atoms with E-state index >= 15 is 0 Å². The van der Waals surface area contributed by atoms with E-state index in [0.717, 1.165) is 140 Å². The zero-order chi connectivity index (χ0) is 63.0. The average molecular weight is 1220 g/mol. The van der Waals surface area contributed by atoms with Crippen LogP contribution in [0.15, 0.2) is 320 Å². The lowest BCUT2D eigenvalue weighted by atomic mass is 9.91. The Bertz CT molecular complexity index is 6460. The van der Waals surface area contributed by atoms with E-state index in [1.165, 1.54) is 59.6 Å². The molecule has 4 heterocycles. The Kier molecular flexibility index (Phi) is 12.0. The predicted molar refractivity (Wildman–Crippen MR) is 401 cm³/mol. The molecule has 6 heteroatoms. The van der Waals surface area contributed by atoms with Gasteiger partial charge in [-0.15, -0.1) is 0 Å². The molecule has 0 unspecified atom stereocenters. The summed E-state index contributed by atoms with van der Waals surface area (Å²) >= 11 is 0. The van der Waals surface area contributed by atoms with Crippen LogP contribution >= 0.6 is 0 Å². The first-order chi connectivity index (χ1) is 47.6. The van der Waals surface area contributed by atoms with E-state index in [9.17, 15) is 0 Å². The van der Waals surface area contributed by atoms with Crippen LogP contribution in [0.3, 0.4) is 0 Å². The van der Waals surface area contributed by atoms with Gasteiger partial charge in [0.25, 0.3) is 0 Å². The second-order valence-corrected chi connectivity index (χ2v) is 25.3. The summed E-state index contributed by atoms with van der Waals surface area (Å²) in [6.45, 7) is 0. The van der Waals surface area contributed by atoms with Gasteiger partial charge in [0, 0.05) is 77.9 Å². The maximum Gasteiger partial charge on any atom is 0.160 e. The third-order valence-corrected chi connectivity index (χ3v) is 20.0. The third kappa shape index (κ3) is 8.42. The van der Waals surface area contributed by atoms with Gasteiger partial charge in [0.1, 0.15) is 17.0 Å². The predicted octanol–water partition coefficient (Wildman–Crippen LogP) is 24.2. The van der Waals surface area contributed by atoms with Gasteiger partial charge in [-0.2, -0.15) is 0 Å². The number of rotatable bonds is 9. The van der Waals surface area contributed by atoms with Crippen LogP contribution in [0.4, 0.5) is 17.1 Å². The van der Waals surface area contributed by atoms with Gasteiger partial charge >= 0.3 is 0 Å². The van der Waals surface area contributed by atoms with Crippen LogP contribution in [0.5, 0.6) is 0 Å². The summed E-state index contributed by atoms with van der Waals surface area (Å²) < 4.78 is 9.65. The van der Waals surface area contributed by atoms with Crippen LogP contribution in [0, 0.1) is 0 Å². The summed E-state index contributed by atoms with van der Waals surface area (Å²) in [6, 6.07) is 110. The molecule has 0 fully saturated rings. The zero-order valence-corrected chi connectivity index (χ0v) is 52.0. The van der Waals surface area contributed by atoms with E-state index in [1.54, 1.807) is 0 Å². The normalized spacial score (nSPS) is 12.3. The topological polar surface area (TPSA) is 60.0 Å². The largest absolute Gasteiger partial charge is 0.455 e. The number of allylic oxidation sites excluding steroid dienone is 1. The Hall–Kier alpha value is -12.8. The minimum Gasteiger partial charge on any atom is -0.455 e. The molecule has 96 heavy (non-hydrogen) atoms. The van der Waals surface area contributed by atoms with Crippen molar-refractivity contribution in [3.05, 3.63) is 327 Å². The molecule has 0 atom stereocenters. The Labute approximate surface area is 552 Å². The van der Waals surface area contributed by atoms with Gasteiger partial charge in [0.15, 0.2) is 5.82 Å². The average Bonchev–Trinajstić information content (AvgIpc) is 1.49. The van der Waals surface area contributed by atoms with Crippen molar-refractivity contribution in [1.82, 2.24) is 19.5 Å². The number of hydrogen-bond acceptors (Lipinski definition) is 5. The van der Waals surface area contributed by atoms with Crippen molar-refractivity contribution >= 4 is 132 Å². The molecule has 6 nitrogen and oxygen atoms in total. The number of furan rings is 1. The molecule has 0 N–H and O–H groups in total. The first-order valence-electron chi connectivity index (χ1n) is 32.9. The van der Waals surface area contributed by atoms with Crippen molar-refractivity contribution in [3.8, 4) is 62.0 Å². The molecule has 0 spiro atoms. The zero-order valence-electron chi connectivity index (χ0n) is 52.0. The summed E-state index contributed by atoms with van der Waals surface area (Å²) in [4.78, 5) is 18.6. The molecule has 1 aliphatic carbocycles. The minimum absolute atomic E-state index is 0.602. The maximum absolute atomic E-state index is 7.29. The van der Waals surface area contributed by atoms with Crippen LogP contribution < -0.4 is 4.90 Å². The maximum atomic E-state index is 7.29. The first kappa shape index (κ1) is 53.8. The molecule has 15 aromatic carbocycles. The van der Waals surface area contributed by atoms with Gasteiger partial charge < -0.3 is 9.32 Å². The second-order valence-electron chi connectivity index (χ2n) is 25.3. The number of fused-ring (bicyclic) bond motifs is 15. The second kappa shape index (κ2) is 21.4. The van der Waals surface area contributed by atoms with Gasteiger partial charge in [0.2, 0.25) is 0 Å². The fourth-order valence-corrected chi connectivity index (χ4v) is 15.6. The fraction of sp³-hybridized carbons (Fsp3) is 0.0111. The summed E-state index contributed by atoms with van der Waals surface area (Å²) in [5.74, 6) is 1.34. The standard InChI is InChI=1S/C90H55N5O/c1-3-19-55(20-4-1)65-28-9-13-33-71(65)80-53-79(57-22-5-2-6-23-57)92-90(93-80)63-47-48-91-85(51-63)95-83-54-84-78(52-77(83)74-45-44-73-70-32-11-10-30-68(70)69-31-12-14-34-72(69)87(73)88(74)95)75-36-18-35-67(89(75)96-84)62-40-39-61-50-64(43-41-60(61)49-62)94(81-38-17-24-56-21-7-8-29-66(56)81)82-46-42-59-26-15-25-58-27-16-37-76(82)86(58)59/h1-25,27-54H,26H2. The van der Waals surface area contributed by atoms with Crippen molar-refractivity contribution in [2.45, 2.75) is 6.42 Å². The van der Waals surface area contributed by atoms with Crippen LogP contribution in [-0.4, -0.2) is 19.5 Å². The number of anilines is 3. The molecular weight excluding hydrogens is 1170 g/mol. The van der Waals surface area contributed by atoms with Crippen LogP contribution in [0.1, 0.15) is 11.1 Å². The van der Waals surface area contributed by atoms with E-state index < -0.39 is 0 Å². The number of pyridine rings is 1. The minimum atomic E-state index is 0.602. The molecule has 0 saturated heterocycles. The molecule has 0 bridgehead atoms. The van der Waals surface area contributed by atoms with Crippen molar-refractivity contribution in [2.24, 2.45) is 0 Å². The number of hydrogen-bond donors (Lipinski definition) is 0. The smallest absolute Gasteiger partial charge is 0.160 e. The van der Waals surface area contributed by atoms with Crippen molar-refractivity contribution < 1.29 is 4.42 Å². The van der Waals surface area contributed by atoms with Crippen molar-refractivity contribution in [2.75, 3.05) is 4.90 Å². The molecule has 1 aliphatic rings. The Balaban J connectivity index is 0.763. The number of aromatic nitrogens is 4. The van der Waals surface area contributed by atoms with Crippen LogP contribution in [-0.2, 0) is 6.42 Å². The molecule has 446 valence electrons. The number of para-hydroxylation sites is 1. The van der Waals surface area contributed by atoms with E-state index in [2.05, 4.69) is 313 Å². The molecule has 0 radical (unpaired) electrons. The summed E-state index contributed by atoms with van der Waals surface area (Å²) in [7, 11) is 0. The van der Waals surface area contributed by atoms with Gasteiger partial charge in [-0.05, 0) is 137 Å². The molecule has 0 amide bonds. The van der Waals surface area contributed by atoms with Gasteiger partial charge in [0.05, 0.1) is 33.8 Å². The van der Waals surface area contributed by atoms with E-state index in [1.807, 2.05) is 18.3 Å². The Morgan fingerprint density at radius 3 is 1.86 bits per heavy atom. The monoisotopic (exact) mass is 1220 g/mol. The van der Waals surface area contributed by atoms with Crippen molar-refractivity contribution in [3.63, 3.8) is 0 Å². The highest BCUT2D eigenvalue weighted by molar-refractivity contribution is 6.34. The van der Waals surface area contributed by atoms with E-state index in [4.69, 9.17) is 19.4 Å². The molecule has 19 aromatic rings. The number of nitrogens with zero attached hydrogens (tertiary/aromatic N) is 5. The third-order valence-electron chi connectivity index (χ3n) is 20.0. The van der Waals surface area contributed by atoms with Gasteiger partial charge in [-0.1, -0.05) is 255 Å². The molecule has 0 saturated carbocycles. The van der Waals surface area contributed by atoms with E-state index in [-0.39, 0.29) is 0 Å². The van der Waals surface area contributed by atoms with Gasteiger partial charge in [-0.3, -0.25) is 4.57 Å². The van der Waals surface area contributed by atoms with Gasteiger partial charge in [-0.25, -0.2) is 15.0 Å². The fourth-order valence-electron chi connectivity index (χ4n) is 15.6. The quantitative estimate of drug-likeness (QED) is 0.135. The highest BCUT2D eigenvalue weighted by atomic mass is 16.3. The van der Waals surface area contributed by atoms with Crippen LogP contribution in [0.25, 0.3) is 176 Å². The summed E-state index contributed by atoms with van der Waals surface area (Å²) in [6.07, 6.45) is 7.38. The lowest BCUT2D eigenvalue weighted by Crippen LogP contribution is -2.12. The highest BCUT2D eigenvalue weighted by Crippen LogP contribution is 2.49. The lowest BCUT2D eigenvalue weighted by molar-refractivity contribution is 0.670. The molecule has 0 aliphatic heterocycles. The van der Waals surface area contributed by atoms with E-state index in [0.29, 0.717) is 5.82 Å². The SMILES string of the molecule is C1=Cc2cccc3c(N(c4ccc5cc(-c6cccc7c6oc6cc8c(cc67)c6ccc7c9ccccc9c9ccccc9c7c6n8-c6cc(-c7nc(-c8ccccc8)cc(-c8ccccc8-c8ccccc8)n7)ccn6)ccc5c4)c4cccc5ccccc45)ccc(c23)C1. The lowest BCUT2D eigenvalue weighted by Gasteiger charge is -2.29. The first-order valence-corrected chi connectivity index (χ1v) is 32.9. The Morgan fingerprint density at radius 1 is 0.365 bits per heavy atom. The highest BCUT2D eigenvalue weighted by Gasteiger charge is 2.26.